The Morgan fingerprint density at radius 3 is 2.47 bits per heavy atom. The van der Waals surface area contributed by atoms with Crippen molar-refractivity contribution in [1.29, 1.82) is 0 Å². The van der Waals surface area contributed by atoms with Crippen molar-refractivity contribution in [2.24, 2.45) is 0 Å². The van der Waals surface area contributed by atoms with Crippen molar-refractivity contribution >= 4 is 11.6 Å². The van der Waals surface area contributed by atoms with Crippen LogP contribution >= 0.6 is 11.6 Å². The van der Waals surface area contributed by atoms with E-state index in [2.05, 4.69) is 0 Å². The highest BCUT2D eigenvalue weighted by atomic mass is 35.5. The molecule has 1 rings (SSSR count). The van der Waals surface area contributed by atoms with Gasteiger partial charge < -0.3 is 9.84 Å². The van der Waals surface area contributed by atoms with Gasteiger partial charge in [-0.15, -0.1) is 0 Å². The van der Waals surface area contributed by atoms with Gasteiger partial charge in [0.25, 0.3) is 0 Å². The van der Waals surface area contributed by atoms with Crippen molar-refractivity contribution < 1.29 is 23.0 Å². The Bertz CT molecular complexity index is 404. The second kappa shape index (κ2) is 5.14. The van der Waals surface area contributed by atoms with Gasteiger partial charge in [-0.3, -0.25) is 0 Å². The minimum absolute atomic E-state index is 0.000718. The molecule has 1 aromatic carbocycles. The van der Waals surface area contributed by atoms with Crippen LogP contribution in [0.1, 0.15) is 24.2 Å². The van der Waals surface area contributed by atoms with Crippen molar-refractivity contribution in [3.8, 4) is 5.75 Å². The van der Waals surface area contributed by atoms with Crippen LogP contribution in [-0.4, -0.2) is 17.9 Å². The lowest BCUT2D eigenvalue weighted by Crippen LogP contribution is -2.21. The standard InChI is InChI=1S/C11H12ClF3O2/c1-3-17-9-4-6(2)8(12)5-7(9)10(16)11(13,14)15/h4-5,10,16H,3H2,1-2H3. The molecule has 1 aromatic rings. The molecule has 0 aromatic heterocycles. The Labute approximate surface area is 102 Å². The Morgan fingerprint density at radius 2 is 2.00 bits per heavy atom. The van der Waals surface area contributed by atoms with Gasteiger partial charge in [-0.2, -0.15) is 13.2 Å². The Balaban J connectivity index is 3.25. The van der Waals surface area contributed by atoms with E-state index in [0.29, 0.717) is 5.56 Å². The van der Waals surface area contributed by atoms with Crippen molar-refractivity contribution in [3.05, 3.63) is 28.3 Å². The van der Waals surface area contributed by atoms with E-state index in [-0.39, 0.29) is 22.9 Å². The number of rotatable bonds is 3. The highest BCUT2D eigenvalue weighted by Gasteiger charge is 2.41. The van der Waals surface area contributed by atoms with Gasteiger partial charge in [0, 0.05) is 10.6 Å². The van der Waals surface area contributed by atoms with E-state index in [0.717, 1.165) is 6.07 Å². The van der Waals surface area contributed by atoms with Crippen LogP contribution in [0, 0.1) is 6.92 Å². The fourth-order valence-corrected chi connectivity index (χ4v) is 1.51. The molecule has 0 radical (unpaired) electrons. The van der Waals surface area contributed by atoms with Gasteiger partial charge in [0.1, 0.15) is 5.75 Å². The number of hydrogen-bond donors (Lipinski definition) is 1. The summed E-state index contributed by atoms with van der Waals surface area (Å²) in [6, 6.07) is 2.47. The summed E-state index contributed by atoms with van der Waals surface area (Å²) in [4.78, 5) is 0. The number of aliphatic hydroxyl groups is 1. The summed E-state index contributed by atoms with van der Waals surface area (Å²) < 4.78 is 42.4. The normalized spacial score (nSPS) is 13.6. The number of ether oxygens (including phenoxy) is 1. The maximum atomic E-state index is 12.4. The monoisotopic (exact) mass is 268 g/mol. The minimum Gasteiger partial charge on any atom is -0.493 e. The predicted octanol–water partition coefficient (Wildman–Crippen LogP) is 3.64. The van der Waals surface area contributed by atoms with Crippen LogP contribution in [0.3, 0.4) is 0 Å². The molecule has 96 valence electrons. The molecule has 0 aliphatic rings. The number of benzene rings is 1. The summed E-state index contributed by atoms with van der Waals surface area (Å²) >= 11 is 5.75. The predicted molar refractivity (Wildman–Crippen MR) is 58.4 cm³/mol. The van der Waals surface area contributed by atoms with Crippen LogP contribution in [0.4, 0.5) is 13.2 Å². The van der Waals surface area contributed by atoms with Gasteiger partial charge in [-0.25, -0.2) is 0 Å². The zero-order valence-electron chi connectivity index (χ0n) is 9.31. The molecule has 0 aliphatic heterocycles. The third kappa shape index (κ3) is 3.26. The summed E-state index contributed by atoms with van der Waals surface area (Å²) in [5.74, 6) is -0.000718. The fourth-order valence-electron chi connectivity index (χ4n) is 1.34. The van der Waals surface area contributed by atoms with Gasteiger partial charge in [-0.05, 0) is 31.5 Å². The number of alkyl halides is 3. The Hall–Kier alpha value is -0.940. The third-order valence-electron chi connectivity index (χ3n) is 2.20. The van der Waals surface area contributed by atoms with Gasteiger partial charge in [-0.1, -0.05) is 11.6 Å². The zero-order chi connectivity index (χ0) is 13.2. The van der Waals surface area contributed by atoms with Crippen LogP contribution in [0.25, 0.3) is 0 Å². The largest absolute Gasteiger partial charge is 0.493 e. The van der Waals surface area contributed by atoms with Crippen LogP contribution < -0.4 is 4.74 Å². The van der Waals surface area contributed by atoms with Crippen LogP contribution in [-0.2, 0) is 0 Å². The van der Waals surface area contributed by atoms with Crippen LogP contribution in [0.5, 0.6) is 5.75 Å². The molecule has 0 saturated carbocycles. The maximum Gasteiger partial charge on any atom is 0.418 e. The highest BCUT2D eigenvalue weighted by molar-refractivity contribution is 6.31. The average molecular weight is 269 g/mol. The Morgan fingerprint density at radius 1 is 1.41 bits per heavy atom. The van der Waals surface area contributed by atoms with E-state index in [9.17, 15) is 18.3 Å². The average Bonchev–Trinajstić information content (AvgIpc) is 2.21. The van der Waals surface area contributed by atoms with Crippen molar-refractivity contribution in [1.82, 2.24) is 0 Å². The summed E-state index contributed by atoms with van der Waals surface area (Å²) in [5, 5.41) is 9.38. The number of aryl methyl sites for hydroxylation is 1. The highest BCUT2D eigenvalue weighted by Crippen LogP contribution is 2.39. The summed E-state index contributed by atoms with van der Waals surface area (Å²) in [6.07, 6.45) is -7.34. The maximum absolute atomic E-state index is 12.4. The fraction of sp³-hybridized carbons (Fsp3) is 0.455. The van der Waals surface area contributed by atoms with Crippen molar-refractivity contribution in [3.63, 3.8) is 0 Å². The van der Waals surface area contributed by atoms with Gasteiger partial charge in [0.15, 0.2) is 6.10 Å². The van der Waals surface area contributed by atoms with Gasteiger partial charge in [0.05, 0.1) is 6.61 Å². The van der Waals surface area contributed by atoms with E-state index in [4.69, 9.17) is 16.3 Å². The van der Waals surface area contributed by atoms with Crippen molar-refractivity contribution in [2.45, 2.75) is 26.1 Å². The van der Waals surface area contributed by atoms with E-state index in [1.54, 1.807) is 13.8 Å². The first kappa shape index (κ1) is 14.1. The summed E-state index contributed by atoms with van der Waals surface area (Å²) in [5.41, 5.74) is 0.225. The number of halogens is 4. The molecular weight excluding hydrogens is 257 g/mol. The molecule has 0 spiro atoms. The SMILES string of the molecule is CCOc1cc(C)c(Cl)cc1C(O)C(F)(F)F. The molecular formula is C11H12ClF3O2. The first-order chi connectivity index (χ1) is 7.77. The lowest BCUT2D eigenvalue weighted by Gasteiger charge is -2.19. The lowest BCUT2D eigenvalue weighted by atomic mass is 10.1. The molecule has 0 saturated heterocycles. The molecule has 0 amide bonds. The van der Waals surface area contributed by atoms with Gasteiger partial charge >= 0.3 is 6.18 Å². The molecule has 0 fully saturated rings. The zero-order valence-corrected chi connectivity index (χ0v) is 10.1. The first-order valence-corrected chi connectivity index (χ1v) is 5.32. The van der Waals surface area contributed by atoms with Crippen molar-refractivity contribution in [2.75, 3.05) is 6.61 Å². The first-order valence-electron chi connectivity index (χ1n) is 4.95. The lowest BCUT2D eigenvalue weighted by molar-refractivity contribution is -0.207. The van der Waals surface area contributed by atoms with Gasteiger partial charge in [0.2, 0.25) is 0 Å². The number of aliphatic hydroxyl groups excluding tert-OH is 1. The quantitative estimate of drug-likeness (QED) is 0.907. The summed E-state index contributed by atoms with van der Waals surface area (Å²) in [6.45, 7) is 3.50. The molecule has 1 N–H and O–H groups in total. The molecule has 2 nitrogen and oxygen atoms in total. The smallest absolute Gasteiger partial charge is 0.418 e. The molecule has 1 unspecified atom stereocenters. The number of hydrogen-bond acceptors (Lipinski definition) is 2. The van der Waals surface area contributed by atoms with Crippen LogP contribution in [0.15, 0.2) is 12.1 Å². The minimum atomic E-state index is -4.75. The van der Waals surface area contributed by atoms with E-state index >= 15 is 0 Å². The molecule has 6 heteroatoms. The van der Waals surface area contributed by atoms with E-state index in [1.165, 1.54) is 6.07 Å². The molecule has 0 bridgehead atoms. The third-order valence-corrected chi connectivity index (χ3v) is 2.60. The second-order valence-corrected chi connectivity index (χ2v) is 3.92. The van der Waals surface area contributed by atoms with Crippen LogP contribution in [0.2, 0.25) is 5.02 Å². The molecule has 1 atom stereocenters. The molecule has 0 heterocycles. The summed E-state index contributed by atoms with van der Waals surface area (Å²) in [7, 11) is 0. The molecule has 0 aliphatic carbocycles. The topological polar surface area (TPSA) is 29.5 Å². The Kier molecular flexibility index (Phi) is 4.27. The van der Waals surface area contributed by atoms with E-state index < -0.39 is 12.3 Å². The second-order valence-electron chi connectivity index (χ2n) is 3.52. The van der Waals surface area contributed by atoms with E-state index in [1.807, 2.05) is 0 Å². The molecule has 17 heavy (non-hydrogen) atoms.